The largest absolute Gasteiger partial charge is 0.369 e. The molecule has 3 rings (SSSR count). The van der Waals surface area contributed by atoms with E-state index in [1.54, 1.807) is 0 Å². The minimum atomic E-state index is 0.544. The third-order valence-electron chi connectivity index (χ3n) is 3.52. The van der Waals surface area contributed by atoms with Crippen LogP contribution in [0.25, 0.3) is 0 Å². The summed E-state index contributed by atoms with van der Waals surface area (Å²) in [4.78, 5) is 15.5. The number of hydrogen-bond acceptors (Lipinski definition) is 3. The maximum Gasteiger partial charge on any atom is 0.172 e. The minimum absolute atomic E-state index is 0.544. The van der Waals surface area contributed by atoms with Crippen LogP contribution in [0.4, 0.5) is 5.82 Å². The molecule has 1 N–H and O–H groups in total. The highest BCUT2D eigenvalue weighted by molar-refractivity contribution is 5.80. The molecule has 19 heavy (non-hydrogen) atoms. The van der Waals surface area contributed by atoms with E-state index in [0.717, 1.165) is 50.3 Å². The Bertz CT molecular complexity index is 575. The average Bonchev–Trinajstić information content (AvgIpc) is 2.84. The van der Waals surface area contributed by atoms with E-state index in [-0.39, 0.29) is 0 Å². The number of nitrogens with zero attached hydrogens (tertiary/aromatic N) is 2. The number of aryl methyl sites for hydroxylation is 2. The molecule has 0 spiro atoms. The number of carbonyl (C=O) groups is 1. The van der Waals surface area contributed by atoms with Crippen LogP contribution in [0, 0.1) is 0 Å². The molecular formula is C15H17N3O. The third kappa shape index (κ3) is 2.38. The number of fused-ring (bicyclic) bond motifs is 1. The van der Waals surface area contributed by atoms with Gasteiger partial charge in [0.05, 0.1) is 0 Å². The molecule has 2 heterocycles. The quantitative estimate of drug-likeness (QED) is 0.853. The third-order valence-corrected chi connectivity index (χ3v) is 3.52. The highest BCUT2D eigenvalue weighted by Gasteiger charge is 2.18. The second-order valence-electron chi connectivity index (χ2n) is 4.80. The lowest BCUT2D eigenvalue weighted by molar-refractivity contribution is 0.112. The number of anilines is 1. The molecule has 0 atom stereocenters. The molecule has 0 fully saturated rings. The van der Waals surface area contributed by atoms with Crippen LogP contribution in [-0.4, -0.2) is 22.4 Å². The van der Waals surface area contributed by atoms with Gasteiger partial charge in [-0.2, -0.15) is 0 Å². The first kappa shape index (κ1) is 12.0. The fraction of sp³-hybridized carbons (Fsp3) is 0.333. The molecule has 1 aliphatic heterocycles. The molecule has 0 unspecified atom stereocenters. The summed E-state index contributed by atoms with van der Waals surface area (Å²) >= 11 is 0. The van der Waals surface area contributed by atoms with Gasteiger partial charge in [-0.1, -0.05) is 30.3 Å². The highest BCUT2D eigenvalue weighted by atomic mass is 16.1. The van der Waals surface area contributed by atoms with Gasteiger partial charge in [-0.3, -0.25) is 4.79 Å². The Morgan fingerprint density at radius 2 is 2.11 bits per heavy atom. The summed E-state index contributed by atoms with van der Waals surface area (Å²) in [6.07, 6.45) is 3.75. The van der Waals surface area contributed by atoms with Crippen molar-refractivity contribution >= 4 is 12.1 Å². The molecule has 98 valence electrons. The van der Waals surface area contributed by atoms with E-state index in [4.69, 9.17) is 0 Å². The lowest BCUT2D eigenvalue weighted by Gasteiger charge is -2.18. The Kier molecular flexibility index (Phi) is 3.31. The second kappa shape index (κ2) is 5.26. The molecule has 0 saturated heterocycles. The van der Waals surface area contributed by atoms with E-state index >= 15 is 0 Å². The summed E-state index contributed by atoms with van der Waals surface area (Å²) in [5.74, 6) is 1.90. The molecule has 4 heteroatoms. The molecule has 0 amide bonds. The molecule has 0 saturated carbocycles. The molecule has 1 aromatic carbocycles. The number of carbonyl (C=O) groups excluding carboxylic acids is 1. The predicted octanol–water partition coefficient (Wildman–Crippen LogP) is 2.30. The first-order chi connectivity index (χ1) is 9.38. The van der Waals surface area contributed by atoms with Crippen LogP contribution in [0.15, 0.2) is 30.3 Å². The van der Waals surface area contributed by atoms with Crippen molar-refractivity contribution in [2.24, 2.45) is 0 Å². The van der Waals surface area contributed by atoms with Crippen LogP contribution < -0.4 is 5.32 Å². The number of hydrogen-bond donors (Lipinski definition) is 1. The van der Waals surface area contributed by atoms with Gasteiger partial charge in [0.1, 0.15) is 17.3 Å². The highest BCUT2D eigenvalue weighted by Crippen LogP contribution is 2.21. The standard InChI is InChI=1S/C15H17N3O/c19-11-13-15-16-9-4-10-18(15)14(17-13)8-7-12-5-2-1-3-6-12/h1-3,5-6,11,16H,4,7-10H2. The van der Waals surface area contributed by atoms with E-state index < -0.39 is 0 Å². The zero-order valence-electron chi connectivity index (χ0n) is 10.8. The maximum absolute atomic E-state index is 11.1. The summed E-state index contributed by atoms with van der Waals surface area (Å²) in [6, 6.07) is 10.4. The van der Waals surface area contributed by atoms with E-state index in [2.05, 4.69) is 39.1 Å². The number of aldehydes is 1. The summed E-state index contributed by atoms with van der Waals surface area (Å²) < 4.78 is 2.15. The van der Waals surface area contributed by atoms with Crippen LogP contribution in [0.2, 0.25) is 0 Å². The maximum atomic E-state index is 11.1. The predicted molar refractivity (Wildman–Crippen MR) is 74.6 cm³/mol. The van der Waals surface area contributed by atoms with Gasteiger partial charge in [-0.25, -0.2) is 4.98 Å². The lowest BCUT2D eigenvalue weighted by Crippen LogP contribution is -2.19. The minimum Gasteiger partial charge on any atom is -0.369 e. The van der Waals surface area contributed by atoms with Crippen molar-refractivity contribution in [2.75, 3.05) is 11.9 Å². The smallest absolute Gasteiger partial charge is 0.172 e. The molecule has 2 aromatic rings. The van der Waals surface area contributed by atoms with Crippen molar-refractivity contribution < 1.29 is 4.79 Å². The van der Waals surface area contributed by atoms with E-state index in [9.17, 15) is 4.79 Å². The van der Waals surface area contributed by atoms with E-state index in [1.807, 2.05) is 6.07 Å². The van der Waals surface area contributed by atoms with Crippen LogP contribution in [-0.2, 0) is 19.4 Å². The summed E-state index contributed by atoms with van der Waals surface area (Å²) in [5.41, 5.74) is 1.85. The van der Waals surface area contributed by atoms with Crippen molar-refractivity contribution in [1.29, 1.82) is 0 Å². The number of rotatable bonds is 4. The van der Waals surface area contributed by atoms with Crippen LogP contribution >= 0.6 is 0 Å². The van der Waals surface area contributed by atoms with Crippen LogP contribution in [0.3, 0.4) is 0 Å². The number of nitrogens with one attached hydrogen (secondary N) is 1. The van der Waals surface area contributed by atoms with Crippen LogP contribution in [0.1, 0.15) is 28.3 Å². The molecule has 0 bridgehead atoms. The van der Waals surface area contributed by atoms with Crippen molar-refractivity contribution in [2.45, 2.75) is 25.8 Å². The summed E-state index contributed by atoms with van der Waals surface area (Å²) in [5, 5.41) is 3.27. The average molecular weight is 255 g/mol. The van der Waals surface area contributed by atoms with Gasteiger partial charge >= 0.3 is 0 Å². The monoisotopic (exact) mass is 255 g/mol. The van der Waals surface area contributed by atoms with E-state index in [0.29, 0.717) is 5.69 Å². The SMILES string of the molecule is O=Cc1nc(CCc2ccccc2)n2c1NCCC2. The van der Waals surface area contributed by atoms with Crippen LogP contribution in [0.5, 0.6) is 0 Å². The number of imidazole rings is 1. The Balaban J connectivity index is 1.81. The number of benzene rings is 1. The van der Waals surface area contributed by atoms with Crippen molar-refractivity contribution in [1.82, 2.24) is 9.55 Å². The molecule has 0 radical (unpaired) electrons. The normalized spacial score (nSPS) is 13.7. The first-order valence-corrected chi connectivity index (χ1v) is 6.71. The first-order valence-electron chi connectivity index (χ1n) is 6.71. The Morgan fingerprint density at radius 1 is 1.26 bits per heavy atom. The Hall–Kier alpha value is -2.10. The van der Waals surface area contributed by atoms with E-state index in [1.165, 1.54) is 5.56 Å². The van der Waals surface area contributed by atoms with Gasteiger partial charge in [0.2, 0.25) is 0 Å². The molecule has 1 aromatic heterocycles. The van der Waals surface area contributed by atoms with Crippen molar-refractivity contribution in [3.63, 3.8) is 0 Å². The summed E-state index contributed by atoms with van der Waals surface area (Å²) in [6.45, 7) is 1.87. The molecule has 4 nitrogen and oxygen atoms in total. The van der Waals surface area contributed by atoms with Crippen molar-refractivity contribution in [3.05, 3.63) is 47.4 Å². The Morgan fingerprint density at radius 3 is 2.89 bits per heavy atom. The lowest BCUT2D eigenvalue weighted by atomic mass is 10.1. The van der Waals surface area contributed by atoms with Gasteiger partial charge in [0.25, 0.3) is 0 Å². The van der Waals surface area contributed by atoms with Gasteiger partial charge < -0.3 is 9.88 Å². The number of aromatic nitrogens is 2. The summed E-state index contributed by atoms with van der Waals surface area (Å²) in [7, 11) is 0. The van der Waals surface area contributed by atoms with Crippen molar-refractivity contribution in [3.8, 4) is 0 Å². The molecule has 1 aliphatic rings. The fourth-order valence-electron chi connectivity index (χ4n) is 2.56. The zero-order valence-corrected chi connectivity index (χ0v) is 10.8. The molecule has 0 aliphatic carbocycles. The fourth-order valence-corrected chi connectivity index (χ4v) is 2.56. The van der Waals surface area contributed by atoms with Gasteiger partial charge in [0, 0.05) is 19.5 Å². The van der Waals surface area contributed by atoms with Gasteiger partial charge in [-0.05, 0) is 18.4 Å². The van der Waals surface area contributed by atoms with Gasteiger partial charge in [-0.15, -0.1) is 0 Å². The van der Waals surface area contributed by atoms with Gasteiger partial charge in [0.15, 0.2) is 6.29 Å². The Labute approximate surface area is 112 Å². The second-order valence-corrected chi connectivity index (χ2v) is 4.80. The topological polar surface area (TPSA) is 46.9 Å². The molecular weight excluding hydrogens is 238 g/mol. The zero-order chi connectivity index (χ0) is 13.1.